The summed E-state index contributed by atoms with van der Waals surface area (Å²) in [4.78, 5) is 29.3. The van der Waals surface area contributed by atoms with Crippen LogP contribution in [0.1, 0.15) is 40.2 Å². The minimum absolute atomic E-state index is 0.167. The Morgan fingerprint density at radius 2 is 2.00 bits per heavy atom. The molecule has 0 saturated heterocycles. The molecule has 0 radical (unpaired) electrons. The van der Waals surface area contributed by atoms with Gasteiger partial charge in [-0.05, 0) is 50.6 Å². The summed E-state index contributed by atoms with van der Waals surface area (Å²) in [5, 5.41) is 7.54. The SMILES string of the molecule is CC(C)C(NC(=O)OC(C)(C)C)C(=O)Nc1nc(-c2cccc(C(/C=C\N)=C/F)c2)cs1. The number of halogens is 1. The number of hydrogen-bond acceptors (Lipinski definition) is 6. The Kier molecular flexibility index (Phi) is 8.54. The largest absolute Gasteiger partial charge is 0.444 e. The van der Waals surface area contributed by atoms with Gasteiger partial charge in [-0.25, -0.2) is 14.2 Å². The maximum Gasteiger partial charge on any atom is 0.408 e. The van der Waals surface area contributed by atoms with Crippen molar-refractivity contribution in [3.8, 4) is 11.3 Å². The highest BCUT2D eigenvalue weighted by molar-refractivity contribution is 7.14. The van der Waals surface area contributed by atoms with Crippen molar-refractivity contribution in [2.24, 2.45) is 11.7 Å². The number of thiazole rings is 1. The molecule has 0 aliphatic heterocycles. The lowest BCUT2D eigenvalue weighted by atomic mass is 10.0. The van der Waals surface area contributed by atoms with Crippen molar-refractivity contribution in [3.05, 3.63) is 53.8 Å². The summed E-state index contributed by atoms with van der Waals surface area (Å²) in [6.45, 7) is 8.91. The number of rotatable bonds is 7. The second-order valence-corrected chi connectivity index (χ2v) is 9.26. The van der Waals surface area contributed by atoms with Gasteiger partial charge < -0.3 is 21.1 Å². The molecule has 1 aromatic heterocycles. The molecule has 172 valence electrons. The van der Waals surface area contributed by atoms with E-state index in [0.717, 1.165) is 5.56 Å². The number of hydrogen-bond donors (Lipinski definition) is 3. The van der Waals surface area contributed by atoms with Crippen LogP contribution in [0.4, 0.5) is 14.3 Å². The van der Waals surface area contributed by atoms with E-state index in [4.69, 9.17) is 10.5 Å². The Hall–Kier alpha value is -3.20. The van der Waals surface area contributed by atoms with Crippen LogP contribution < -0.4 is 16.4 Å². The van der Waals surface area contributed by atoms with Crippen molar-refractivity contribution < 1.29 is 18.7 Å². The minimum atomic E-state index is -0.791. The third kappa shape index (κ3) is 7.19. The summed E-state index contributed by atoms with van der Waals surface area (Å²) in [7, 11) is 0. The number of anilines is 1. The molecule has 1 atom stereocenters. The first kappa shape index (κ1) is 25.1. The molecule has 0 fully saturated rings. The highest BCUT2D eigenvalue weighted by Gasteiger charge is 2.27. The van der Waals surface area contributed by atoms with E-state index < -0.39 is 23.6 Å². The first-order chi connectivity index (χ1) is 15.0. The smallest absolute Gasteiger partial charge is 0.408 e. The van der Waals surface area contributed by atoms with Gasteiger partial charge in [0.1, 0.15) is 11.6 Å². The summed E-state index contributed by atoms with van der Waals surface area (Å²) in [5.74, 6) is -0.559. The van der Waals surface area contributed by atoms with Crippen LogP contribution in [0.25, 0.3) is 16.8 Å². The number of alkyl carbamates (subject to hydrolysis) is 1. The molecule has 1 aromatic carbocycles. The Morgan fingerprint density at radius 3 is 2.59 bits per heavy atom. The summed E-state index contributed by atoms with van der Waals surface area (Å²) in [5.41, 5.74) is 7.08. The number of nitrogens with one attached hydrogen (secondary N) is 2. The first-order valence-corrected chi connectivity index (χ1v) is 11.0. The Bertz CT molecular complexity index is 1010. The van der Waals surface area contributed by atoms with Gasteiger partial charge in [-0.1, -0.05) is 32.0 Å². The molecular weight excluding hydrogens is 431 g/mol. The fourth-order valence-electron chi connectivity index (χ4n) is 2.77. The highest BCUT2D eigenvalue weighted by atomic mass is 32.1. The number of allylic oxidation sites excluding steroid dienone is 2. The van der Waals surface area contributed by atoms with Crippen molar-refractivity contribution >= 4 is 34.0 Å². The van der Waals surface area contributed by atoms with E-state index in [1.54, 1.807) is 44.4 Å². The van der Waals surface area contributed by atoms with Crippen molar-refractivity contribution in [1.29, 1.82) is 0 Å². The highest BCUT2D eigenvalue weighted by Crippen LogP contribution is 2.28. The third-order valence-corrected chi connectivity index (χ3v) is 5.00. The van der Waals surface area contributed by atoms with Crippen LogP contribution in [0, 0.1) is 5.92 Å². The molecule has 0 aliphatic rings. The van der Waals surface area contributed by atoms with Gasteiger partial charge >= 0.3 is 6.09 Å². The van der Waals surface area contributed by atoms with E-state index in [1.807, 2.05) is 19.9 Å². The van der Waals surface area contributed by atoms with Crippen LogP contribution in [0.15, 0.2) is 48.3 Å². The molecule has 0 saturated carbocycles. The lowest BCUT2D eigenvalue weighted by Crippen LogP contribution is -2.48. The van der Waals surface area contributed by atoms with Crippen LogP contribution in [0.2, 0.25) is 0 Å². The third-order valence-electron chi connectivity index (χ3n) is 4.24. The van der Waals surface area contributed by atoms with Gasteiger partial charge in [-0.2, -0.15) is 0 Å². The monoisotopic (exact) mass is 460 g/mol. The Morgan fingerprint density at radius 1 is 1.28 bits per heavy atom. The van der Waals surface area contributed by atoms with Crippen molar-refractivity contribution in [2.45, 2.75) is 46.3 Å². The molecule has 2 amide bonds. The number of amides is 2. The zero-order chi connectivity index (χ0) is 23.9. The van der Waals surface area contributed by atoms with E-state index in [0.29, 0.717) is 28.3 Å². The molecule has 0 bridgehead atoms. The number of carbonyl (C=O) groups is 2. The van der Waals surface area contributed by atoms with Crippen LogP contribution in [-0.2, 0) is 9.53 Å². The summed E-state index contributed by atoms with van der Waals surface area (Å²) >= 11 is 1.25. The topological polar surface area (TPSA) is 106 Å². The average Bonchev–Trinajstić information content (AvgIpc) is 3.17. The molecule has 2 aromatic rings. The number of ether oxygens (including phenoxy) is 1. The zero-order valence-electron chi connectivity index (χ0n) is 18.8. The lowest BCUT2D eigenvalue weighted by Gasteiger charge is -2.24. The van der Waals surface area contributed by atoms with Crippen molar-refractivity contribution in [1.82, 2.24) is 10.3 Å². The number of benzene rings is 1. The molecule has 7 nitrogen and oxygen atoms in total. The van der Waals surface area contributed by atoms with Gasteiger partial charge in [0.05, 0.1) is 12.0 Å². The van der Waals surface area contributed by atoms with E-state index in [9.17, 15) is 14.0 Å². The van der Waals surface area contributed by atoms with Gasteiger partial charge in [0.15, 0.2) is 5.13 Å². The van der Waals surface area contributed by atoms with Crippen molar-refractivity contribution in [3.63, 3.8) is 0 Å². The zero-order valence-corrected chi connectivity index (χ0v) is 19.6. The number of nitrogens with zero attached hydrogens (tertiary/aromatic N) is 1. The number of carbonyl (C=O) groups excluding carboxylic acids is 2. The second-order valence-electron chi connectivity index (χ2n) is 8.40. The predicted molar refractivity (Wildman–Crippen MR) is 127 cm³/mol. The van der Waals surface area contributed by atoms with E-state index in [1.165, 1.54) is 23.6 Å². The van der Waals surface area contributed by atoms with Crippen LogP contribution in [0.3, 0.4) is 0 Å². The molecule has 1 unspecified atom stereocenters. The normalized spacial score (nSPS) is 13.3. The quantitative estimate of drug-likeness (QED) is 0.500. The van der Waals surface area contributed by atoms with Gasteiger partial charge in [0.25, 0.3) is 0 Å². The van der Waals surface area contributed by atoms with E-state index >= 15 is 0 Å². The molecule has 32 heavy (non-hydrogen) atoms. The molecule has 0 spiro atoms. The fourth-order valence-corrected chi connectivity index (χ4v) is 3.50. The average molecular weight is 461 g/mol. The fraction of sp³-hybridized carbons (Fsp3) is 0.348. The summed E-state index contributed by atoms with van der Waals surface area (Å²) < 4.78 is 18.4. The van der Waals surface area contributed by atoms with Crippen LogP contribution >= 0.6 is 11.3 Å². The molecule has 1 heterocycles. The summed E-state index contributed by atoms with van der Waals surface area (Å²) in [6, 6.07) is 6.39. The number of nitrogens with two attached hydrogens (primary N) is 1. The van der Waals surface area contributed by atoms with E-state index in [2.05, 4.69) is 15.6 Å². The number of aromatic nitrogens is 1. The van der Waals surface area contributed by atoms with Gasteiger partial charge in [-0.15, -0.1) is 11.3 Å². The second kappa shape index (κ2) is 10.9. The van der Waals surface area contributed by atoms with Crippen LogP contribution in [-0.4, -0.2) is 28.6 Å². The lowest BCUT2D eigenvalue weighted by molar-refractivity contribution is -0.119. The van der Waals surface area contributed by atoms with E-state index in [-0.39, 0.29) is 5.92 Å². The molecular formula is C23H29FN4O3S. The molecule has 0 aliphatic carbocycles. The van der Waals surface area contributed by atoms with Gasteiger partial charge in [0.2, 0.25) is 5.91 Å². The van der Waals surface area contributed by atoms with Gasteiger partial charge in [-0.3, -0.25) is 4.79 Å². The van der Waals surface area contributed by atoms with Gasteiger partial charge in [0, 0.05) is 16.5 Å². The summed E-state index contributed by atoms with van der Waals surface area (Å²) in [6.07, 6.45) is 2.56. The van der Waals surface area contributed by atoms with Crippen LogP contribution in [0.5, 0.6) is 0 Å². The maximum atomic E-state index is 13.2. The molecule has 9 heteroatoms. The Labute approximate surface area is 191 Å². The molecule has 4 N–H and O–H groups in total. The Balaban J connectivity index is 2.15. The predicted octanol–water partition coefficient (Wildman–Crippen LogP) is 5.08. The van der Waals surface area contributed by atoms with Crippen molar-refractivity contribution in [2.75, 3.05) is 5.32 Å². The maximum absolute atomic E-state index is 13.2. The standard InChI is InChI=1S/C23H29FN4O3S/c1-14(2)19(27-22(30)31-23(3,4)5)20(29)28-21-26-18(13-32-21)16-8-6-7-15(11-16)17(12-24)9-10-25/h6-14,19H,25H2,1-5H3,(H,27,30)(H,26,28,29)/b10-9-,17-12+. The first-order valence-electron chi connectivity index (χ1n) is 10.1. The minimum Gasteiger partial charge on any atom is -0.444 e. The molecule has 2 rings (SSSR count).